The maximum absolute atomic E-state index is 6.26. The minimum Gasteiger partial charge on any atom is -0.383 e. The van der Waals surface area contributed by atoms with Crippen LogP contribution in [0.15, 0.2) is 53.1 Å². The average Bonchev–Trinajstić information content (AvgIpc) is 3.28. The summed E-state index contributed by atoms with van der Waals surface area (Å²) in [6.45, 7) is 2.08. The van der Waals surface area contributed by atoms with E-state index >= 15 is 0 Å². The highest BCUT2D eigenvalue weighted by Crippen LogP contribution is 2.34. The summed E-state index contributed by atoms with van der Waals surface area (Å²) in [5, 5.41) is 14.0. The Morgan fingerprint density at radius 3 is 2.78 bits per heavy atom. The zero-order valence-electron chi connectivity index (χ0n) is 14.3. The van der Waals surface area contributed by atoms with Gasteiger partial charge in [0.25, 0.3) is 0 Å². The average molecular weight is 415 g/mol. The first kappa shape index (κ1) is 18.0. The molecule has 6 nitrogen and oxygen atoms in total. The smallest absolute Gasteiger partial charge is 0.174 e. The fourth-order valence-electron chi connectivity index (χ4n) is 2.43. The van der Waals surface area contributed by atoms with Crippen molar-refractivity contribution in [2.75, 3.05) is 5.73 Å². The van der Waals surface area contributed by atoms with Gasteiger partial charge in [-0.25, -0.2) is 4.98 Å². The number of aryl methyl sites for hydroxylation is 1. The summed E-state index contributed by atoms with van der Waals surface area (Å²) in [4.78, 5) is 4.24. The Bertz CT molecular complexity index is 1070. The highest BCUT2D eigenvalue weighted by molar-refractivity contribution is 8.00. The molecule has 0 unspecified atom stereocenters. The van der Waals surface area contributed by atoms with E-state index in [0.29, 0.717) is 16.7 Å². The van der Waals surface area contributed by atoms with Crippen LogP contribution in [0.2, 0.25) is 5.02 Å². The van der Waals surface area contributed by atoms with Crippen LogP contribution in [0, 0.1) is 6.92 Å². The molecule has 0 radical (unpaired) electrons. The molecule has 0 aliphatic heterocycles. The van der Waals surface area contributed by atoms with Crippen molar-refractivity contribution in [1.82, 2.24) is 25.0 Å². The van der Waals surface area contributed by atoms with Gasteiger partial charge in [0.05, 0.1) is 16.8 Å². The summed E-state index contributed by atoms with van der Waals surface area (Å²) in [6.07, 6.45) is 3.31. The summed E-state index contributed by atoms with van der Waals surface area (Å²) in [5.41, 5.74) is 9.48. The van der Waals surface area contributed by atoms with E-state index in [2.05, 4.69) is 51.5 Å². The van der Waals surface area contributed by atoms with E-state index in [0.717, 1.165) is 20.7 Å². The molecule has 27 heavy (non-hydrogen) atoms. The van der Waals surface area contributed by atoms with Gasteiger partial charge in [-0.15, -0.1) is 10.2 Å². The molecule has 0 atom stereocenters. The topological polar surface area (TPSA) is 82.5 Å². The van der Waals surface area contributed by atoms with E-state index < -0.39 is 0 Å². The second kappa shape index (κ2) is 7.67. The third-order valence-electron chi connectivity index (χ3n) is 3.87. The maximum atomic E-state index is 6.26. The van der Waals surface area contributed by atoms with Gasteiger partial charge in [0, 0.05) is 11.9 Å². The predicted octanol–water partition coefficient (Wildman–Crippen LogP) is 4.62. The number of hydrogen-bond donors (Lipinski definition) is 1. The van der Waals surface area contributed by atoms with E-state index in [1.165, 1.54) is 27.1 Å². The first-order valence-corrected chi connectivity index (χ1v) is 10.3. The van der Waals surface area contributed by atoms with Gasteiger partial charge in [0.15, 0.2) is 15.2 Å². The maximum Gasteiger partial charge on any atom is 0.174 e. The lowest BCUT2D eigenvalue weighted by molar-refractivity contribution is 0.857. The first-order valence-electron chi connectivity index (χ1n) is 8.08. The number of aromatic nitrogens is 5. The summed E-state index contributed by atoms with van der Waals surface area (Å²) in [6, 6.07) is 12.0. The predicted molar refractivity (Wildman–Crippen MR) is 110 cm³/mol. The van der Waals surface area contributed by atoms with E-state index in [4.69, 9.17) is 17.3 Å². The molecule has 0 amide bonds. The Kier molecular flexibility index (Phi) is 5.11. The van der Waals surface area contributed by atoms with Crippen molar-refractivity contribution in [2.45, 2.75) is 17.0 Å². The van der Waals surface area contributed by atoms with Crippen molar-refractivity contribution in [1.29, 1.82) is 0 Å². The highest BCUT2D eigenvalue weighted by atomic mass is 35.5. The van der Waals surface area contributed by atoms with Crippen LogP contribution in [-0.4, -0.2) is 25.0 Å². The Balaban J connectivity index is 1.53. The van der Waals surface area contributed by atoms with Crippen LogP contribution in [-0.2, 0) is 5.75 Å². The zero-order valence-corrected chi connectivity index (χ0v) is 16.7. The van der Waals surface area contributed by atoms with Gasteiger partial charge in [-0.2, -0.15) is 9.78 Å². The molecule has 0 aliphatic rings. The van der Waals surface area contributed by atoms with Gasteiger partial charge < -0.3 is 5.73 Å². The zero-order chi connectivity index (χ0) is 18.8. The van der Waals surface area contributed by atoms with Crippen LogP contribution in [0.4, 0.5) is 5.82 Å². The van der Waals surface area contributed by atoms with Crippen LogP contribution in [0.5, 0.6) is 0 Å². The molecule has 0 fully saturated rings. The fraction of sp³-hybridized carbons (Fsp3) is 0.111. The van der Waals surface area contributed by atoms with Gasteiger partial charge in [-0.05, 0) is 24.6 Å². The monoisotopic (exact) mass is 414 g/mol. The van der Waals surface area contributed by atoms with Crippen molar-refractivity contribution >= 4 is 40.5 Å². The molecule has 3 heterocycles. The first-order chi connectivity index (χ1) is 13.1. The SMILES string of the molecule is Cc1ccc(CSc2nnc(-c3cnn(-c4ncccc4Cl)c3N)s2)cc1. The largest absolute Gasteiger partial charge is 0.383 e. The standard InChI is InChI=1S/C18H15ClN6S2/c1-11-4-6-12(7-5-11)10-26-18-24-23-17(27-18)13-9-22-25(15(13)20)16-14(19)3-2-8-21-16/h2-9H,10,20H2,1H3. The quantitative estimate of drug-likeness (QED) is 0.479. The lowest BCUT2D eigenvalue weighted by atomic mass is 10.2. The van der Waals surface area contributed by atoms with Crippen LogP contribution >= 0.6 is 34.7 Å². The van der Waals surface area contributed by atoms with Gasteiger partial charge in [-0.3, -0.25) is 0 Å². The number of thioether (sulfide) groups is 1. The van der Waals surface area contributed by atoms with Crippen LogP contribution in [0.3, 0.4) is 0 Å². The van der Waals surface area contributed by atoms with Gasteiger partial charge >= 0.3 is 0 Å². The number of halogens is 1. The van der Waals surface area contributed by atoms with Gasteiger partial charge in [0.1, 0.15) is 5.82 Å². The Morgan fingerprint density at radius 1 is 1.19 bits per heavy atom. The molecule has 0 saturated heterocycles. The van der Waals surface area contributed by atoms with Gasteiger partial charge in [0.2, 0.25) is 0 Å². The molecule has 4 rings (SSSR count). The number of nitrogens with two attached hydrogens (primary N) is 1. The van der Waals surface area contributed by atoms with Crippen molar-refractivity contribution in [2.24, 2.45) is 0 Å². The van der Waals surface area contributed by atoms with Crippen LogP contribution < -0.4 is 5.73 Å². The molecule has 0 spiro atoms. The number of anilines is 1. The molecule has 0 saturated carbocycles. The molecule has 2 N–H and O–H groups in total. The fourth-order valence-corrected chi connectivity index (χ4v) is 4.46. The lowest BCUT2D eigenvalue weighted by Gasteiger charge is -2.04. The molecular weight excluding hydrogens is 400 g/mol. The molecule has 0 aliphatic carbocycles. The second-order valence-electron chi connectivity index (χ2n) is 5.81. The van der Waals surface area contributed by atoms with E-state index in [-0.39, 0.29) is 0 Å². The molecule has 1 aromatic carbocycles. The molecule has 4 aromatic rings. The van der Waals surface area contributed by atoms with Crippen molar-refractivity contribution in [3.05, 3.63) is 64.9 Å². The van der Waals surface area contributed by atoms with Gasteiger partial charge in [-0.1, -0.05) is 64.5 Å². The Morgan fingerprint density at radius 2 is 2.00 bits per heavy atom. The third-order valence-corrected chi connectivity index (χ3v) is 6.32. The van der Waals surface area contributed by atoms with Crippen molar-refractivity contribution < 1.29 is 0 Å². The van der Waals surface area contributed by atoms with Crippen molar-refractivity contribution in [3.63, 3.8) is 0 Å². The summed E-state index contributed by atoms with van der Waals surface area (Å²) in [5.74, 6) is 1.76. The van der Waals surface area contributed by atoms with E-state index in [9.17, 15) is 0 Å². The number of benzene rings is 1. The minimum absolute atomic E-state index is 0.432. The van der Waals surface area contributed by atoms with E-state index in [1.807, 2.05) is 0 Å². The highest BCUT2D eigenvalue weighted by Gasteiger charge is 2.17. The molecule has 9 heteroatoms. The third kappa shape index (κ3) is 3.83. The minimum atomic E-state index is 0.432. The van der Waals surface area contributed by atoms with Crippen LogP contribution in [0.25, 0.3) is 16.4 Å². The second-order valence-corrected chi connectivity index (χ2v) is 8.42. The summed E-state index contributed by atoms with van der Waals surface area (Å²) >= 11 is 9.33. The summed E-state index contributed by atoms with van der Waals surface area (Å²) < 4.78 is 2.40. The number of nitrogen functional groups attached to an aromatic ring is 1. The Labute approximate surface area is 169 Å². The number of hydrogen-bond acceptors (Lipinski definition) is 7. The Hall–Kier alpha value is -2.42. The molecule has 136 valence electrons. The molecule has 3 aromatic heterocycles. The number of rotatable bonds is 5. The summed E-state index contributed by atoms with van der Waals surface area (Å²) in [7, 11) is 0. The van der Waals surface area contributed by atoms with Crippen molar-refractivity contribution in [3.8, 4) is 16.4 Å². The molecule has 0 bridgehead atoms. The normalized spacial score (nSPS) is 11.0. The van der Waals surface area contributed by atoms with Crippen LogP contribution in [0.1, 0.15) is 11.1 Å². The molecular formula is C18H15ClN6S2. The van der Waals surface area contributed by atoms with E-state index in [1.54, 1.807) is 36.3 Å². The number of pyridine rings is 1. The lowest BCUT2D eigenvalue weighted by Crippen LogP contribution is -2.04. The number of nitrogens with zero attached hydrogens (tertiary/aromatic N) is 5.